The van der Waals surface area contributed by atoms with Crippen molar-refractivity contribution in [3.05, 3.63) is 36.2 Å². The van der Waals surface area contributed by atoms with E-state index in [2.05, 4.69) is 14.4 Å². The fourth-order valence-electron chi connectivity index (χ4n) is 1.11. The van der Waals surface area contributed by atoms with Crippen LogP contribution in [0, 0.1) is 0 Å². The van der Waals surface area contributed by atoms with Gasteiger partial charge in [0.2, 0.25) is 0 Å². The van der Waals surface area contributed by atoms with Crippen molar-refractivity contribution in [1.29, 1.82) is 0 Å². The van der Waals surface area contributed by atoms with Gasteiger partial charge >= 0.3 is 0 Å². The SMILES string of the molecule is CCCNS(=O)(=O)NC/C=C/c1cccnc1. The van der Waals surface area contributed by atoms with Crippen LogP contribution in [0.25, 0.3) is 6.08 Å². The van der Waals surface area contributed by atoms with Gasteiger partial charge in [-0.2, -0.15) is 13.1 Å². The summed E-state index contributed by atoms with van der Waals surface area (Å²) in [4.78, 5) is 3.95. The number of hydrogen-bond donors (Lipinski definition) is 2. The summed E-state index contributed by atoms with van der Waals surface area (Å²) < 4.78 is 27.5. The van der Waals surface area contributed by atoms with Crippen molar-refractivity contribution < 1.29 is 8.42 Å². The van der Waals surface area contributed by atoms with E-state index >= 15 is 0 Å². The van der Waals surface area contributed by atoms with Gasteiger partial charge in [0.1, 0.15) is 0 Å². The van der Waals surface area contributed by atoms with Crippen LogP contribution >= 0.6 is 0 Å². The summed E-state index contributed by atoms with van der Waals surface area (Å²) in [5, 5.41) is 0. The van der Waals surface area contributed by atoms with Crippen molar-refractivity contribution in [2.75, 3.05) is 13.1 Å². The minimum absolute atomic E-state index is 0.258. The fourth-order valence-corrected chi connectivity index (χ4v) is 2.01. The van der Waals surface area contributed by atoms with Crippen LogP contribution in [0.2, 0.25) is 0 Å². The third kappa shape index (κ3) is 6.15. The Hall–Kier alpha value is -1.24. The molecule has 1 heterocycles. The molecular weight excluding hydrogens is 238 g/mol. The first-order chi connectivity index (χ1) is 8.14. The molecule has 0 aliphatic carbocycles. The highest BCUT2D eigenvalue weighted by molar-refractivity contribution is 7.87. The summed E-state index contributed by atoms with van der Waals surface area (Å²) in [6, 6.07) is 3.72. The van der Waals surface area contributed by atoms with E-state index in [-0.39, 0.29) is 6.54 Å². The van der Waals surface area contributed by atoms with Crippen molar-refractivity contribution in [2.24, 2.45) is 0 Å². The second-order valence-electron chi connectivity index (χ2n) is 3.43. The number of hydrogen-bond acceptors (Lipinski definition) is 3. The lowest BCUT2D eigenvalue weighted by Gasteiger charge is -2.04. The molecule has 0 unspecified atom stereocenters. The van der Waals surface area contributed by atoms with Gasteiger partial charge in [0.25, 0.3) is 10.2 Å². The molecule has 0 aliphatic heterocycles. The van der Waals surface area contributed by atoms with Crippen LogP contribution in [0.3, 0.4) is 0 Å². The van der Waals surface area contributed by atoms with Crippen LogP contribution in [-0.2, 0) is 10.2 Å². The molecule has 0 bridgehead atoms. The molecule has 0 amide bonds. The average Bonchev–Trinajstić information content (AvgIpc) is 2.34. The van der Waals surface area contributed by atoms with Gasteiger partial charge in [0.15, 0.2) is 0 Å². The van der Waals surface area contributed by atoms with E-state index in [9.17, 15) is 8.42 Å². The van der Waals surface area contributed by atoms with E-state index in [1.165, 1.54) is 0 Å². The number of nitrogens with zero attached hydrogens (tertiary/aromatic N) is 1. The van der Waals surface area contributed by atoms with Crippen molar-refractivity contribution >= 4 is 16.3 Å². The number of nitrogens with one attached hydrogen (secondary N) is 2. The Morgan fingerprint density at radius 1 is 1.41 bits per heavy atom. The van der Waals surface area contributed by atoms with Gasteiger partial charge in [-0.3, -0.25) is 4.98 Å². The first-order valence-corrected chi connectivity index (χ1v) is 6.93. The third-order valence-electron chi connectivity index (χ3n) is 1.93. The molecule has 94 valence electrons. The second kappa shape index (κ2) is 7.16. The molecule has 1 aromatic heterocycles. The first-order valence-electron chi connectivity index (χ1n) is 5.45. The van der Waals surface area contributed by atoms with Crippen LogP contribution in [-0.4, -0.2) is 26.5 Å². The summed E-state index contributed by atoms with van der Waals surface area (Å²) in [5.74, 6) is 0. The topological polar surface area (TPSA) is 71.1 Å². The molecular formula is C11H17N3O2S. The first kappa shape index (κ1) is 13.8. The van der Waals surface area contributed by atoms with Gasteiger partial charge in [-0.25, -0.2) is 4.72 Å². The standard InChI is InChI=1S/C11H17N3O2S/c1-2-7-13-17(15,16)14-9-4-6-11-5-3-8-12-10-11/h3-6,8,10,13-14H,2,7,9H2,1H3/b6-4+. The Morgan fingerprint density at radius 3 is 2.88 bits per heavy atom. The fraction of sp³-hybridized carbons (Fsp3) is 0.364. The molecule has 2 N–H and O–H groups in total. The lowest BCUT2D eigenvalue weighted by Crippen LogP contribution is -2.36. The zero-order chi connectivity index (χ0) is 12.6. The molecule has 0 atom stereocenters. The van der Waals surface area contributed by atoms with E-state index in [1.54, 1.807) is 18.5 Å². The molecule has 17 heavy (non-hydrogen) atoms. The van der Waals surface area contributed by atoms with Gasteiger partial charge in [-0.1, -0.05) is 25.1 Å². The molecule has 0 spiro atoms. The van der Waals surface area contributed by atoms with Crippen molar-refractivity contribution in [2.45, 2.75) is 13.3 Å². The summed E-state index contributed by atoms with van der Waals surface area (Å²) in [6.07, 6.45) is 7.72. The number of pyridine rings is 1. The maximum atomic E-state index is 11.3. The Labute approximate surface area is 102 Å². The lowest BCUT2D eigenvalue weighted by molar-refractivity contribution is 0.570. The average molecular weight is 255 g/mol. The molecule has 0 radical (unpaired) electrons. The van der Waals surface area contributed by atoms with E-state index in [0.29, 0.717) is 6.54 Å². The summed E-state index contributed by atoms with van der Waals surface area (Å²) in [7, 11) is -3.37. The largest absolute Gasteiger partial charge is 0.277 e. The lowest BCUT2D eigenvalue weighted by atomic mass is 10.3. The quantitative estimate of drug-likeness (QED) is 0.761. The summed E-state index contributed by atoms with van der Waals surface area (Å²) in [6.45, 7) is 2.61. The maximum Gasteiger partial charge on any atom is 0.277 e. The van der Waals surface area contributed by atoms with E-state index in [1.807, 2.05) is 25.1 Å². The highest BCUT2D eigenvalue weighted by Crippen LogP contribution is 1.97. The van der Waals surface area contributed by atoms with Crippen LogP contribution in [0.15, 0.2) is 30.6 Å². The zero-order valence-electron chi connectivity index (χ0n) is 9.76. The predicted octanol–water partition coefficient (Wildman–Crippen LogP) is 0.929. The van der Waals surface area contributed by atoms with Crippen LogP contribution in [0.1, 0.15) is 18.9 Å². The van der Waals surface area contributed by atoms with Crippen LogP contribution in [0.5, 0.6) is 0 Å². The second-order valence-corrected chi connectivity index (χ2v) is 5.02. The van der Waals surface area contributed by atoms with Crippen molar-refractivity contribution in [3.8, 4) is 0 Å². The van der Waals surface area contributed by atoms with E-state index in [0.717, 1.165) is 12.0 Å². The normalized spacial score (nSPS) is 12.1. The van der Waals surface area contributed by atoms with E-state index < -0.39 is 10.2 Å². The maximum absolute atomic E-state index is 11.3. The van der Waals surface area contributed by atoms with E-state index in [4.69, 9.17) is 0 Å². The van der Waals surface area contributed by atoms with Crippen LogP contribution < -0.4 is 9.44 Å². The predicted molar refractivity (Wildman–Crippen MR) is 68.5 cm³/mol. The number of rotatable bonds is 7. The van der Waals surface area contributed by atoms with Gasteiger partial charge in [-0.15, -0.1) is 0 Å². The Kier molecular flexibility index (Phi) is 5.82. The molecule has 0 fully saturated rings. The highest BCUT2D eigenvalue weighted by Gasteiger charge is 2.04. The smallest absolute Gasteiger partial charge is 0.264 e. The molecule has 0 aromatic carbocycles. The Morgan fingerprint density at radius 2 is 2.24 bits per heavy atom. The van der Waals surface area contributed by atoms with Gasteiger partial charge in [0, 0.05) is 25.5 Å². The summed E-state index contributed by atoms with van der Waals surface area (Å²) in [5.41, 5.74) is 0.938. The molecule has 1 aromatic rings. The molecule has 0 saturated heterocycles. The summed E-state index contributed by atoms with van der Waals surface area (Å²) >= 11 is 0. The zero-order valence-corrected chi connectivity index (χ0v) is 10.6. The van der Waals surface area contributed by atoms with Crippen LogP contribution in [0.4, 0.5) is 0 Å². The third-order valence-corrected chi connectivity index (χ3v) is 3.06. The number of aromatic nitrogens is 1. The Balaban J connectivity index is 2.35. The molecule has 1 rings (SSSR count). The minimum Gasteiger partial charge on any atom is -0.264 e. The van der Waals surface area contributed by atoms with Crippen molar-refractivity contribution in [1.82, 2.24) is 14.4 Å². The molecule has 0 aliphatic rings. The Bertz CT molecular complexity index is 443. The molecule has 0 saturated carbocycles. The molecule has 6 heteroatoms. The van der Waals surface area contributed by atoms with Gasteiger partial charge < -0.3 is 0 Å². The molecule has 5 nitrogen and oxygen atoms in total. The van der Waals surface area contributed by atoms with Gasteiger partial charge in [0.05, 0.1) is 0 Å². The van der Waals surface area contributed by atoms with Crippen molar-refractivity contribution in [3.63, 3.8) is 0 Å². The monoisotopic (exact) mass is 255 g/mol. The highest BCUT2D eigenvalue weighted by atomic mass is 32.2. The van der Waals surface area contributed by atoms with Gasteiger partial charge in [-0.05, 0) is 18.1 Å². The minimum atomic E-state index is -3.37.